The molecule has 0 fully saturated rings. The van der Waals surface area contributed by atoms with Crippen molar-refractivity contribution < 1.29 is 42.2 Å². The van der Waals surface area contributed by atoms with Crippen LogP contribution in [-0.4, -0.2) is 10.6 Å². The Bertz CT molecular complexity index is 599. The quantitative estimate of drug-likeness (QED) is 0.846. The molecule has 20 heavy (non-hydrogen) atoms. The summed E-state index contributed by atoms with van der Waals surface area (Å²) < 4.78 is 3.80. The molecule has 0 saturated carbocycles. The van der Waals surface area contributed by atoms with Gasteiger partial charge in [-0.15, -0.1) is 4.68 Å². The predicted molar refractivity (Wildman–Crippen MR) is 74.9 cm³/mol. The standard InChI is InChI=1S/C15H19N3O.Y/c1-11-8-17(4)18(9-11)10-14(19)16-15-12(2)6-5-7-13(15)3;/h5-9H,10H2,1-4H3;/p+1. The van der Waals surface area contributed by atoms with Crippen LogP contribution in [0.2, 0.25) is 0 Å². The van der Waals surface area contributed by atoms with E-state index < -0.39 is 0 Å². The summed E-state index contributed by atoms with van der Waals surface area (Å²) in [6.07, 6.45) is 3.95. The molecule has 0 saturated heterocycles. The molecule has 103 valence electrons. The molecule has 0 atom stereocenters. The topological polar surface area (TPSA) is 37.9 Å². The molecule has 1 aromatic heterocycles. The zero-order valence-corrected chi connectivity index (χ0v) is 15.3. The first-order valence-corrected chi connectivity index (χ1v) is 6.36. The molecule has 0 aliphatic rings. The zero-order valence-electron chi connectivity index (χ0n) is 12.5. The molecule has 5 heteroatoms. The molecule has 0 aliphatic carbocycles. The molecular formula is C15H20N3OY+. The average molecular weight is 347 g/mol. The Morgan fingerprint density at radius 1 is 1.25 bits per heavy atom. The van der Waals surface area contributed by atoms with E-state index in [1.54, 1.807) is 0 Å². The summed E-state index contributed by atoms with van der Waals surface area (Å²) >= 11 is 0. The first-order valence-electron chi connectivity index (χ1n) is 6.36. The summed E-state index contributed by atoms with van der Waals surface area (Å²) in [5.74, 6) is -0.0106. The van der Waals surface area contributed by atoms with Gasteiger partial charge in [0, 0.05) is 44.0 Å². The number of amides is 1. The fourth-order valence-corrected chi connectivity index (χ4v) is 2.22. The molecule has 2 rings (SSSR count). The minimum absolute atomic E-state index is 0. The fraction of sp³-hybridized carbons (Fsp3) is 0.333. The van der Waals surface area contributed by atoms with Crippen LogP contribution in [0.1, 0.15) is 16.7 Å². The molecule has 4 nitrogen and oxygen atoms in total. The minimum Gasteiger partial charge on any atom is -0.324 e. The smallest absolute Gasteiger partial charge is 0.250 e. The number of para-hydroxylation sites is 1. The first kappa shape index (κ1) is 17.1. The molecule has 0 unspecified atom stereocenters. The molecule has 1 heterocycles. The number of nitrogens with zero attached hydrogens (tertiary/aromatic N) is 2. The third kappa shape index (κ3) is 4.00. The average Bonchev–Trinajstić information content (AvgIpc) is 2.63. The Labute approximate surface area is 145 Å². The van der Waals surface area contributed by atoms with E-state index in [1.807, 2.05) is 67.8 Å². The minimum atomic E-state index is -0.0106. The van der Waals surface area contributed by atoms with E-state index in [9.17, 15) is 4.79 Å². The van der Waals surface area contributed by atoms with Crippen LogP contribution >= 0.6 is 0 Å². The van der Waals surface area contributed by atoms with Crippen molar-refractivity contribution >= 4 is 11.6 Å². The number of hydrogen-bond acceptors (Lipinski definition) is 1. The van der Waals surface area contributed by atoms with Gasteiger partial charge in [-0.2, -0.15) is 4.68 Å². The monoisotopic (exact) mass is 347 g/mol. The number of carbonyl (C=O) groups is 1. The molecule has 1 amide bonds. The van der Waals surface area contributed by atoms with Crippen LogP contribution in [-0.2, 0) is 51.1 Å². The van der Waals surface area contributed by atoms with Crippen molar-refractivity contribution in [2.24, 2.45) is 7.05 Å². The number of nitrogens with one attached hydrogen (secondary N) is 1. The number of benzene rings is 1. The van der Waals surface area contributed by atoms with Gasteiger partial charge in [-0.25, -0.2) is 0 Å². The number of hydrogen-bond donors (Lipinski definition) is 1. The molecule has 0 bridgehead atoms. The summed E-state index contributed by atoms with van der Waals surface area (Å²) in [7, 11) is 1.93. The second-order valence-corrected chi connectivity index (χ2v) is 4.99. The first-order chi connectivity index (χ1) is 8.97. The van der Waals surface area contributed by atoms with Crippen molar-refractivity contribution in [3.63, 3.8) is 0 Å². The Morgan fingerprint density at radius 3 is 2.35 bits per heavy atom. The molecule has 0 spiro atoms. The fourth-order valence-electron chi connectivity index (χ4n) is 2.22. The van der Waals surface area contributed by atoms with Gasteiger partial charge in [0.25, 0.3) is 0 Å². The maximum absolute atomic E-state index is 12.1. The van der Waals surface area contributed by atoms with Crippen LogP contribution in [0.3, 0.4) is 0 Å². The van der Waals surface area contributed by atoms with Crippen LogP contribution < -0.4 is 10.00 Å². The molecular weight excluding hydrogens is 327 g/mol. The van der Waals surface area contributed by atoms with Gasteiger partial charge in [-0.1, -0.05) is 18.2 Å². The van der Waals surface area contributed by atoms with E-state index >= 15 is 0 Å². The largest absolute Gasteiger partial charge is 0.324 e. The van der Waals surface area contributed by atoms with E-state index in [1.165, 1.54) is 0 Å². The predicted octanol–water partition coefficient (Wildman–Crippen LogP) is 1.87. The van der Waals surface area contributed by atoms with E-state index in [2.05, 4.69) is 5.32 Å². The van der Waals surface area contributed by atoms with E-state index in [0.29, 0.717) is 6.54 Å². The van der Waals surface area contributed by atoms with Crippen LogP contribution in [0, 0.1) is 20.8 Å². The second-order valence-electron chi connectivity index (χ2n) is 4.99. The summed E-state index contributed by atoms with van der Waals surface area (Å²) in [5.41, 5.74) is 4.23. The molecule has 2 aromatic rings. The Hall–Kier alpha value is -0.996. The van der Waals surface area contributed by atoms with Crippen LogP contribution in [0.15, 0.2) is 30.6 Å². The van der Waals surface area contributed by atoms with Gasteiger partial charge < -0.3 is 5.32 Å². The van der Waals surface area contributed by atoms with Gasteiger partial charge in [0.15, 0.2) is 19.8 Å². The Kier molecular flexibility index (Phi) is 6.09. The van der Waals surface area contributed by atoms with Crippen molar-refractivity contribution in [3.8, 4) is 0 Å². The molecule has 1 aromatic carbocycles. The number of aromatic nitrogens is 2. The number of carbonyl (C=O) groups excluding carboxylic acids is 1. The van der Waals surface area contributed by atoms with Gasteiger partial charge in [0.1, 0.15) is 0 Å². The van der Waals surface area contributed by atoms with Gasteiger partial charge >= 0.3 is 0 Å². The van der Waals surface area contributed by atoms with Gasteiger partial charge in [0.05, 0.1) is 6.20 Å². The number of aryl methyl sites for hydroxylation is 4. The Morgan fingerprint density at radius 2 is 1.85 bits per heavy atom. The zero-order chi connectivity index (χ0) is 14.0. The van der Waals surface area contributed by atoms with E-state index in [-0.39, 0.29) is 38.6 Å². The van der Waals surface area contributed by atoms with Crippen molar-refractivity contribution in [1.82, 2.24) is 4.68 Å². The summed E-state index contributed by atoms with van der Waals surface area (Å²) in [6, 6.07) is 6.00. The maximum atomic E-state index is 12.1. The van der Waals surface area contributed by atoms with Crippen molar-refractivity contribution in [3.05, 3.63) is 47.3 Å². The van der Waals surface area contributed by atoms with Crippen molar-refractivity contribution in [2.75, 3.05) is 5.32 Å². The normalized spacial score (nSPS) is 10.0. The van der Waals surface area contributed by atoms with Crippen LogP contribution in [0.5, 0.6) is 0 Å². The summed E-state index contributed by atoms with van der Waals surface area (Å²) in [5, 5.41) is 2.99. The van der Waals surface area contributed by atoms with Crippen LogP contribution in [0.4, 0.5) is 5.69 Å². The number of rotatable bonds is 3. The molecule has 1 radical (unpaired) electrons. The SMILES string of the molecule is Cc1cn(CC(=O)Nc2c(C)cccc2C)[n+](C)c1.[Y]. The third-order valence-electron chi connectivity index (χ3n) is 3.20. The van der Waals surface area contributed by atoms with E-state index in [4.69, 9.17) is 0 Å². The molecule has 1 N–H and O–H groups in total. The van der Waals surface area contributed by atoms with Crippen molar-refractivity contribution in [2.45, 2.75) is 27.3 Å². The van der Waals surface area contributed by atoms with Crippen LogP contribution in [0.25, 0.3) is 0 Å². The number of anilines is 1. The Balaban J connectivity index is 0.00000200. The summed E-state index contributed by atoms with van der Waals surface area (Å²) in [6.45, 7) is 6.34. The summed E-state index contributed by atoms with van der Waals surface area (Å²) in [4.78, 5) is 12.1. The van der Waals surface area contributed by atoms with Gasteiger partial charge in [-0.05, 0) is 31.9 Å². The van der Waals surface area contributed by atoms with Gasteiger partial charge in [0.2, 0.25) is 5.91 Å². The van der Waals surface area contributed by atoms with Crippen molar-refractivity contribution in [1.29, 1.82) is 0 Å². The maximum Gasteiger partial charge on any atom is 0.250 e. The second kappa shape index (κ2) is 7.14. The van der Waals surface area contributed by atoms with Gasteiger partial charge in [-0.3, -0.25) is 4.79 Å². The molecule has 0 aliphatic heterocycles. The third-order valence-corrected chi connectivity index (χ3v) is 3.20. The van der Waals surface area contributed by atoms with E-state index in [0.717, 1.165) is 22.4 Å².